The lowest BCUT2D eigenvalue weighted by Crippen LogP contribution is -2.64. The molecule has 0 radical (unpaired) electrons. The van der Waals surface area contributed by atoms with E-state index in [1.54, 1.807) is 61.7 Å². The zero-order chi connectivity index (χ0) is 66.9. The minimum atomic E-state index is -2.19. The number of carboxylic acid groups (broad SMARTS) is 1. The van der Waals surface area contributed by atoms with Crippen LogP contribution in [0.15, 0.2) is 66.6 Å². The molecular weight excluding hydrogens is 1190 g/mol. The van der Waals surface area contributed by atoms with Gasteiger partial charge in [0.05, 0.1) is 44.0 Å². The third kappa shape index (κ3) is 16.2. The standard InChI is InChI=1S/C59H77N13O19/c1-25(2)49(79)46-57(87)72-18-16-40(76)48(72)59(90)91-29(6)45(69-52(82)38(24-73)65-41(77)20-34(60)58(88)89)55(85)68-44(28(5)74)54(84)64-27(4)50(80)63-23-42(78)71-17-15-39(75)47(71)56(86)66-37(19-30-21-61-35-13-9-7-11-31(30)35)51(81)67-43(53(83)70-46)26(3)33-22-62-36-14-10-8-12-32(33)36/h7-14,19,21-22,25-29,34,38-40,43-49,61-62,73-76,79H,15-18,20,23-24,60H2,1-6H3,(H,63,80)(H,64,84)(H,65,77)(H,66,86)(H,67,81)(H,68,85)(H,69,82)(H,70,83)(H,88,89)/b37-19-/t26?,27-,28-,29+,34-,38-,39-,40+,43?,44?,45-,46-,47-,48-,49-/m0/s1. The van der Waals surface area contributed by atoms with E-state index in [1.165, 1.54) is 26.1 Å². The van der Waals surface area contributed by atoms with Gasteiger partial charge in [0.25, 0.3) is 5.91 Å². The number of cyclic esters (lactones) is 1. The van der Waals surface area contributed by atoms with Crippen LogP contribution in [0.4, 0.5) is 0 Å². The van der Waals surface area contributed by atoms with Crippen molar-refractivity contribution in [3.05, 3.63) is 77.7 Å². The van der Waals surface area contributed by atoms with E-state index >= 15 is 14.4 Å². The highest BCUT2D eigenvalue weighted by Gasteiger charge is 2.49. The van der Waals surface area contributed by atoms with Gasteiger partial charge in [-0.3, -0.25) is 52.7 Å². The number of aliphatic hydroxyl groups is 5. The second-order valence-electron chi connectivity index (χ2n) is 23.1. The number of carbonyl (C=O) groups is 12. The summed E-state index contributed by atoms with van der Waals surface area (Å²) in [6.45, 7) is 5.13. The summed E-state index contributed by atoms with van der Waals surface area (Å²) in [5.41, 5.74) is 7.01. The van der Waals surface area contributed by atoms with Crippen LogP contribution >= 0.6 is 0 Å². The molecule has 3 aliphatic rings. The van der Waals surface area contributed by atoms with Gasteiger partial charge in [-0.05, 0) is 63.3 Å². The van der Waals surface area contributed by atoms with Gasteiger partial charge in [0, 0.05) is 58.8 Å². The number of carbonyl (C=O) groups excluding carboxylic acids is 11. The van der Waals surface area contributed by atoms with E-state index in [4.69, 9.17) is 10.5 Å². The Balaban J connectivity index is 1.31. The summed E-state index contributed by atoms with van der Waals surface area (Å²) >= 11 is 0. The highest BCUT2D eigenvalue weighted by atomic mass is 16.5. The van der Waals surface area contributed by atoms with Crippen molar-refractivity contribution < 1.29 is 92.9 Å². The number of carboxylic acids is 1. The first kappa shape index (κ1) is 69.1. The van der Waals surface area contributed by atoms with Crippen molar-refractivity contribution in [3.63, 3.8) is 0 Å². The minimum absolute atomic E-state index is 0.153. The lowest BCUT2D eigenvalue weighted by Gasteiger charge is -2.35. The lowest BCUT2D eigenvalue weighted by atomic mass is 9.91. The first-order valence-corrected chi connectivity index (χ1v) is 29.4. The zero-order valence-corrected chi connectivity index (χ0v) is 50.5. The van der Waals surface area contributed by atoms with Gasteiger partial charge in [-0.25, -0.2) is 4.79 Å². The number of fused-ring (bicyclic) bond motifs is 4. The molecule has 18 N–H and O–H groups in total. The van der Waals surface area contributed by atoms with Crippen molar-refractivity contribution in [1.82, 2.24) is 62.3 Å². The zero-order valence-electron chi connectivity index (χ0n) is 50.5. The van der Waals surface area contributed by atoms with E-state index in [0.717, 1.165) is 30.6 Å². The van der Waals surface area contributed by atoms with Crippen molar-refractivity contribution in [3.8, 4) is 0 Å². The molecule has 492 valence electrons. The summed E-state index contributed by atoms with van der Waals surface area (Å²) in [7, 11) is 0. The molecule has 32 heteroatoms. The number of H-pyrrole nitrogens is 2. The number of aliphatic carboxylic acids is 1. The molecule has 4 aromatic rings. The molecule has 0 aliphatic carbocycles. The van der Waals surface area contributed by atoms with Crippen LogP contribution in [0.2, 0.25) is 0 Å². The van der Waals surface area contributed by atoms with Crippen LogP contribution in [-0.4, -0.2) is 233 Å². The number of rotatable bonds is 13. The highest BCUT2D eigenvalue weighted by molar-refractivity contribution is 6.07. The number of aliphatic hydroxyl groups excluding tert-OH is 5. The summed E-state index contributed by atoms with van der Waals surface area (Å²) in [6, 6.07) is -2.95. The molecule has 3 aliphatic heterocycles. The molecule has 10 amide bonds. The normalized spacial score (nSPS) is 27.0. The number of amides is 10. The van der Waals surface area contributed by atoms with Gasteiger partial charge >= 0.3 is 11.9 Å². The number of aromatic nitrogens is 2. The number of esters is 1. The Labute approximate surface area is 519 Å². The predicted molar refractivity (Wildman–Crippen MR) is 319 cm³/mol. The van der Waals surface area contributed by atoms with Crippen LogP contribution in [0.1, 0.15) is 77.8 Å². The van der Waals surface area contributed by atoms with E-state index in [-0.39, 0.29) is 19.4 Å². The van der Waals surface area contributed by atoms with E-state index in [0.29, 0.717) is 32.9 Å². The number of ether oxygens (including phenoxy) is 1. The Bertz CT molecular complexity index is 3460. The molecule has 7 rings (SSSR count). The molecule has 32 nitrogen and oxygen atoms in total. The third-order valence-corrected chi connectivity index (χ3v) is 16.2. The Morgan fingerprint density at radius 2 is 1.33 bits per heavy atom. The summed E-state index contributed by atoms with van der Waals surface area (Å²) in [4.78, 5) is 176. The number of nitrogens with two attached hydrogens (primary N) is 1. The van der Waals surface area contributed by atoms with Crippen molar-refractivity contribution in [2.75, 3.05) is 26.2 Å². The first-order valence-electron chi connectivity index (χ1n) is 29.4. The average Bonchev–Trinajstić information content (AvgIpc) is 1.96. The molecule has 0 saturated carbocycles. The summed E-state index contributed by atoms with van der Waals surface area (Å²) in [6.07, 6.45) is -5.75. The van der Waals surface area contributed by atoms with Crippen LogP contribution in [-0.2, 0) is 62.3 Å². The van der Waals surface area contributed by atoms with Crippen molar-refractivity contribution >= 4 is 98.9 Å². The van der Waals surface area contributed by atoms with E-state index < -0.39 is 200 Å². The summed E-state index contributed by atoms with van der Waals surface area (Å²) < 4.78 is 5.70. The number of aromatic amines is 2. The summed E-state index contributed by atoms with van der Waals surface area (Å²) in [5.74, 6) is -16.5. The van der Waals surface area contributed by atoms with Crippen molar-refractivity contribution in [1.29, 1.82) is 0 Å². The van der Waals surface area contributed by atoms with Gasteiger partial charge < -0.3 is 103 Å². The molecule has 0 bridgehead atoms. The van der Waals surface area contributed by atoms with Crippen LogP contribution in [0.25, 0.3) is 27.9 Å². The summed E-state index contributed by atoms with van der Waals surface area (Å²) in [5, 5.41) is 85.0. The van der Waals surface area contributed by atoms with Crippen molar-refractivity contribution in [2.45, 2.75) is 152 Å². The quantitative estimate of drug-likeness (QED) is 0.0440. The van der Waals surface area contributed by atoms with Crippen LogP contribution in [0.3, 0.4) is 0 Å². The number of hydrogen-bond acceptors (Lipinski definition) is 19. The maximum absolute atomic E-state index is 15.3. The fourth-order valence-electron chi connectivity index (χ4n) is 10.9. The van der Waals surface area contributed by atoms with Gasteiger partial charge in [-0.2, -0.15) is 0 Å². The molecule has 3 fully saturated rings. The Kier molecular flexibility index (Phi) is 22.8. The maximum atomic E-state index is 15.3. The molecular formula is C59H77N13O19. The Morgan fingerprint density at radius 3 is 1.97 bits per heavy atom. The smallest absolute Gasteiger partial charge is 0.331 e. The average molecular weight is 1270 g/mol. The molecule has 2 aromatic heterocycles. The SMILES string of the molecule is CC(c1c[nH]c2ccccc12)C1NC(=O)/C(=C/c2c[nH]c3ccccc23)NC(=O)[C@@H]2[C@@H](O)CCN2C(=O)CNC(=O)[C@H](C)NC(=O)C([C@H](C)O)NC(=O)[C@@H](NC(=O)[C@H](CO)NC(=O)C[C@H](N)C(=O)O)[C@@H](C)OC(=O)[C@@H]2[C@H](O)CCN2C(=O)[C@H]([C@@H](O)C(C)C)NC1=O. The van der Waals surface area contributed by atoms with Gasteiger partial charge in [-0.15, -0.1) is 0 Å². The van der Waals surface area contributed by atoms with Crippen molar-refractivity contribution in [2.24, 2.45) is 11.7 Å². The number of benzene rings is 2. The molecule has 2 aromatic carbocycles. The van der Waals surface area contributed by atoms with Crippen LogP contribution in [0, 0.1) is 5.92 Å². The fourth-order valence-corrected chi connectivity index (χ4v) is 10.9. The Morgan fingerprint density at radius 1 is 0.736 bits per heavy atom. The minimum Gasteiger partial charge on any atom is -0.480 e. The first-order chi connectivity index (χ1) is 43.0. The van der Waals surface area contributed by atoms with E-state index in [1.807, 2.05) is 0 Å². The number of hydrogen-bond donors (Lipinski definition) is 17. The second-order valence-corrected chi connectivity index (χ2v) is 23.1. The van der Waals surface area contributed by atoms with Gasteiger partial charge in [0.15, 0.2) is 6.04 Å². The second kappa shape index (κ2) is 30.0. The van der Waals surface area contributed by atoms with Crippen LogP contribution < -0.4 is 48.3 Å². The predicted octanol–water partition coefficient (Wildman–Crippen LogP) is -4.98. The molecule has 3 saturated heterocycles. The third-order valence-electron chi connectivity index (χ3n) is 16.2. The van der Waals surface area contributed by atoms with Gasteiger partial charge in [-0.1, -0.05) is 57.2 Å². The van der Waals surface area contributed by atoms with Gasteiger partial charge in [0.2, 0.25) is 53.2 Å². The molecule has 3 unspecified atom stereocenters. The van der Waals surface area contributed by atoms with E-state index in [2.05, 4.69) is 52.5 Å². The topological polar surface area (TPSA) is 496 Å². The molecule has 91 heavy (non-hydrogen) atoms. The molecule has 0 spiro atoms. The van der Waals surface area contributed by atoms with E-state index in [9.17, 15) is 73.8 Å². The number of nitrogens with one attached hydrogen (secondary N) is 10. The van der Waals surface area contributed by atoms with Gasteiger partial charge in [0.1, 0.15) is 60.1 Å². The monoisotopic (exact) mass is 1270 g/mol. The Hall–Kier alpha value is -9.34. The van der Waals surface area contributed by atoms with Crippen LogP contribution in [0.5, 0.6) is 0 Å². The highest BCUT2D eigenvalue weighted by Crippen LogP contribution is 2.30. The number of para-hydroxylation sites is 2. The number of nitrogens with zero attached hydrogens (tertiary/aromatic N) is 2. The largest absolute Gasteiger partial charge is 0.480 e. The lowest BCUT2D eigenvalue weighted by molar-refractivity contribution is -0.164. The molecule has 15 atom stereocenters. The fraction of sp³-hybridized carbons (Fsp3) is 0.492. The maximum Gasteiger partial charge on any atom is 0.331 e. The molecule has 5 heterocycles.